The lowest BCUT2D eigenvalue weighted by molar-refractivity contribution is -0.137. The number of ether oxygens (including phenoxy) is 1. The number of methoxy groups -OCH3 is 1. The molecule has 0 amide bonds. The van der Waals surface area contributed by atoms with Crippen LogP contribution in [-0.2, 0) is 12.7 Å². The van der Waals surface area contributed by atoms with Crippen LogP contribution in [0.1, 0.15) is 24.0 Å². The van der Waals surface area contributed by atoms with Gasteiger partial charge in [0.2, 0.25) is 0 Å². The largest absolute Gasteiger partial charge is 0.497 e. The molecule has 0 saturated carbocycles. The Morgan fingerprint density at radius 2 is 1.84 bits per heavy atom. The maximum Gasteiger partial charge on any atom is 0.416 e. The van der Waals surface area contributed by atoms with E-state index in [-0.39, 0.29) is 11.1 Å². The summed E-state index contributed by atoms with van der Waals surface area (Å²) in [4.78, 5) is 4.36. The molecule has 0 bridgehead atoms. The SMILES string of the molecule is COc1ccc(CN(C(=S)Nc2ccc(C(F)(F)F)cc2Cl)C2CCN(C)CC2)cc1. The van der Waals surface area contributed by atoms with Crippen LogP contribution < -0.4 is 10.1 Å². The third-order valence-electron chi connectivity index (χ3n) is 5.44. The fraction of sp³-hybridized carbons (Fsp3) is 0.409. The summed E-state index contributed by atoms with van der Waals surface area (Å²) < 4.78 is 44.0. The molecule has 9 heteroatoms. The molecule has 0 aliphatic carbocycles. The maximum atomic E-state index is 12.9. The minimum absolute atomic E-state index is 0.0232. The maximum absolute atomic E-state index is 12.9. The van der Waals surface area contributed by atoms with E-state index in [1.165, 1.54) is 6.07 Å². The van der Waals surface area contributed by atoms with Gasteiger partial charge < -0.3 is 19.9 Å². The Morgan fingerprint density at radius 1 is 1.19 bits per heavy atom. The Hall–Kier alpha value is -2.03. The quantitative estimate of drug-likeness (QED) is 0.568. The van der Waals surface area contributed by atoms with E-state index < -0.39 is 11.7 Å². The summed E-state index contributed by atoms with van der Waals surface area (Å²) >= 11 is 11.8. The van der Waals surface area contributed by atoms with Crippen LogP contribution in [0.5, 0.6) is 5.75 Å². The zero-order chi connectivity index (χ0) is 22.6. The summed E-state index contributed by atoms with van der Waals surface area (Å²) in [7, 11) is 3.70. The molecule has 3 rings (SSSR count). The van der Waals surface area contributed by atoms with Crippen LogP contribution in [-0.4, -0.2) is 48.2 Å². The molecule has 0 radical (unpaired) electrons. The molecule has 0 aromatic heterocycles. The van der Waals surface area contributed by atoms with Crippen LogP contribution in [0.4, 0.5) is 18.9 Å². The van der Waals surface area contributed by atoms with Crippen molar-refractivity contribution in [2.75, 3.05) is 32.6 Å². The average Bonchev–Trinajstić information content (AvgIpc) is 2.74. The Bertz CT molecular complexity index is 900. The molecule has 2 aromatic rings. The fourth-order valence-corrected chi connectivity index (χ4v) is 4.13. The van der Waals surface area contributed by atoms with Gasteiger partial charge in [0.1, 0.15) is 5.75 Å². The van der Waals surface area contributed by atoms with Crippen molar-refractivity contribution in [2.45, 2.75) is 31.6 Å². The topological polar surface area (TPSA) is 27.7 Å². The van der Waals surface area contributed by atoms with Gasteiger partial charge in [0.25, 0.3) is 0 Å². The summed E-state index contributed by atoms with van der Waals surface area (Å²) in [6.07, 6.45) is -2.57. The molecule has 31 heavy (non-hydrogen) atoms. The number of nitrogens with zero attached hydrogens (tertiary/aromatic N) is 2. The highest BCUT2D eigenvalue weighted by atomic mass is 35.5. The molecule has 1 fully saturated rings. The summed E-state index contributed by atoms with van der Waals surface area (Å²) in [5.41, 5.74) is 0.620. The first-order chi connectivity index (χ1) is 14.7. The summed E-state index contributed by atoms with van der Waals surface area (Å²) in [5, 5.41) is 3.47. The first-order valence-corrected chi connectivity index (χ1v) is 10.7. The smallest absolute Gasteiger partial charge is 0.416 e. The van der Waals surface area contributed by atoms with Crippen LogP contribution in [0.3, 0.4) is 0 Å². The number of piperidine rings is 1. The van der Waals surface area contributed by atoms with Crippen LogP contribution in [0.2, 0.25) is 5.02 Å². The van der Waals surface area contributed by atoms with E-state index in [9.17, 15) is 13.2 Å². The standard InChI is InChI=1S/C22H25ClF3N3OS/c1-28-11-9-17(10-12-28)29(14-15-3-6-18(30-2)7-4-15)21(31)27-20-8-5-16(13-19(20)23)22(24,25)26/h3-8,13,17H,9-12,14H2,1-2H3,(H,27,31). The second-order valence-corrected chi connectivity index (χ2v) is 8.43. The van der Waals surface area contributed by atoms with Crippen LogP contribution in [0, 0.1) is 0 Å². The van der Waals surface area contributed by atoms with Gasteiger partial charge in [0.05, 0.1) is 23.4 Å². The third kappa shape index (κ3) is 6.24. The average molecular weight is 472 g/mol. The number of anilines is 1. The van der Waals surface area contributed by atoms with E-state index in [1.807, 2.05) is 24.3 Å². The van der Waals surface area contributed by atoms with Crippen molar-refractivity contribution in [3.63, 3.8) is 0 Å². The predicted molar refractivity (Wildman–Crippen MR) is 122 cm³/mol. The van der Waals surface area contributed by atoms with E-state index in [0.29, 0.717) is 17.3 Å². The van der Waals surface area contributed by atoms with E-state index >= 15 is 0 Å². The van der Waals surface area contributed by atoms with Crippen LogP contribution in [0.25, 0.3) is 0 Å². The van der Waals surface area contributed by atoms with Crippen molar-refractivity contribution in [1.29, 1.82) is 0 Å². The van der Waals surface area contributed by atoms with Gasteiger partial charge in [-0.05, 0) is 81.1 Å². The van der Waals surface area contributed by atoms with Gasteiger partial charge >= 0.3 is 6.18 Å². The molecule has 2 aromatic carbocycles. The highest BCUT2D eigenvalue weighted by molar-refractivity contribution is 7.80. The third-order valence-corrected chi connectivity index (χ3v) is 6.09. The molecule has 1 heterocycles. The lowest BCUT2D eigenvalue weighted by atomic mass is 10.0. The molecule has 1 aliphatic heterocycles. The molecule has 0 spiro atoms. The first-order valence-electron chi connectivity index (χ1n) is 9.93. The lowest BCUT2D eigenvalue weighted by Gasteiger charge is -2.39. The number of thiocarbonyl (C=S) groups is 1. The fourth-order valence-electron chi connectivity index (χ4n) is 3.58. The van der Waals surface area contributed by atoms with E-state index in [0.717, 1.165) is 49.4 Å². The van der Waals surface area contributed by atoms with Crippen molar-refractivity contribution in [3.05, 3.63) is 58.6 Å². The molecule has 0 unspecified atom stereocenters. The number of alkyl halides is 3. The van der Waals surface area contributed by atoms with Crippen molar-refractivity contribution in [3.8, 4) is 5.75 Å². The highest BCUT2D eigenvalue weighted by Gasteiger charge is 2.31. The molecule has 1 aliphatic rings. The minimum Gasteiger partial charge on any atom is -0.497 e. The minimum atomic E-state index is -4.45. The highest BCUT2D eigenvalue weighted by Crippen LogP contribution is 2.34. The summed E-state index contributed by atoms with van der Waals surface area (Å²) in [6.45, 7) is 2.48. The lowest BCUT2D eigenvalue weighted by Crippen LogP contribution is -2.47. The predicted octanol–water partition coefficient (Wildman–Crippen LogP) is 5.66. The Labute approximate surface area is 190 Å². The second-order valence-electron chi connectivity index (χ2n) is 7.63. The van der Waals surface area contributed by atoms with Crippen molar-refractivity contribution >= 4 is 34.6 Å². The number of hydrogen-bond donors (Lipinski definition) is 1. The Kier molecular flexibility index (Phi) is 7.67. The molecule has 1 saturated heterocycles. The van der Waals surface area contributed by atoms with Gasteiger partial charge in [0.15, 0.2) is 5.11 Å². The summed E-state index contributed by atoms with van der Waals surface area (Å²) in [5.74, 6) is 0.770. The van der Waals surface area contributed by atoms with Gasteiger partial charge in [0, 0.05) is 12.6 Å². The zero-order valence-electron chi connectivity index (χ0n) is 17.4. The Balaban J connectivity index is 1.79. The molecular weight excluding hydrogens is 447 g/mol. The number of benzene rings is 2. The van der Waals surface area contributed by atoms with Gasteiger partial charge in [-0.3, -0.25) is 0 Å². The Morgan fingerprint density at radius 3 is 2.39 bits per heavy atom. The monoisotopic (exact) mass is 471 g/mol. The zero-order valence-corrected chi connectivity index (χ0v) is 18.9. The molecule has 4 nitrogen and oxygen atoms in total. The van der Waals surface area contributed by atoms with Gasteiger partial charge in [-0.25, -0.2) is 0 Å². The van der Waals surface area contributed by atoms with Crippen molar-refractivity contribution < 1.29 is 17.9 Å². The number of hydrogen-bond acceptors (Lipinski definition) is 3. The molecule has 1 N–H and O–H groups in total. The second kappa shape index (κ2) is 10.1. The van der Waals surface area contributed by atoms with Gasteiger partial charge in [-0.1, -0.05) is 23.7 Å². The normalized spacial score (nSPS) is 15.5. The van der Waals surface area contributed by atoms with Gasteiger partial charge in [-0.2, -0.15) is 13.2 Å². The van der Waals surface area contributed by atoms with Crippen molar-refractivity contribution in [2.24, 2.45) is 0 Å². The number of halogens is 4. The van der Waals surface area contributed by atoms with Gasteiger partial charge in [-0.15, -0.1) is 0 Å². The number of nitrogens with one attached hydrogen (secondary N) is 1. The van der Waals surface area contributed by atoms with E-state index in [2.05, 4.69) is 22.2 Å². The molecular formula is C22H25ClF3N3OS. The molecule has 168 valence electrons. The first kappa shape index (κ1) is 23.6. The van der Waals surface area contributed by atoms with Crippen LogP contribution >= 0.6 is 23.8 Å². The van der Waals surface area contributed by atoms with E-state index in [1.54, 1.807) is 7.11 Å². The van der Waals surface area contributed by atoms with Crippen LogP contribution in [0.15, 0.2) is 42.5 Å². The number of rotatable bonds is 5. The van der Waals surface area contributed by atoms with E-state index in [4.69, 9.17) is 28.6 Å². The number of likely N-dealkylation sites (tertiary alicyclic amines) is 1. The van der Waals surface area contributed by atoms with Crippen molar-refractivity contribution in [1.82, 2.24) is 9.80 Å². The summed E-state index contributed by atoms with van der Waals surface area (Å²) in [6, 6.07) is 11.2. The molecule has 0 atom stereocenters.